The number of aryl methyl sites for hydroxylation is 1. The van der Waals surface area contributed by atoms with Crippen LogP contribution in [0.5, 0.6) is 0 Å². The second-order valence-corrected chi connectivity index (χ2v) is 15.1. The van der Waals surface area contributed by atoms with Crippen LogP contribution in [0.4, 0.5) is 16.4 Å². The van der Waals surface area contributed by atoms with Gasteiger partial charge in [-0.3, -0.25) is 19.9 Å². The molecule has 3 aromatic rings. The topological polar surface area (TPSA) is 105 Å². The van der Waals surface area contributed by atoms with Crippen LogP contribution in [0.2, 0.25) is 0 Å². The summed E-state index contributed by atoms with van der Waals surface area (Å²) in [5, 5.41) is 11.5. The first-order chi connectivity index (χ1) is 21.3. The van der Waals surface area contributed by atoms with Crippen molar-refractivity contribution in [3.8, 4) is 0 Å². The van der Waals surface area contributed by atoms with Crippen molar-refractivity contribution in [3.63, 3.8) is 0 Å². The minimum Gasteiger partial charge on any atom is -0.444 e. The number of ether oxygens (including phenoxy) is 1. The fourth-order valence-corrected chi connectivity index (χ4v) is 8.07. The summed E-state index contributed by atoms with van der Waals surface area (Å²) in [6.45, 7) is 13.4. The highest BCUT2D eigenvalue weighted by Gasteiger charge is 2.49. The standard InChI is InChI=1S/C34H45N7O3S/c1-21-9-8-10-40(17-21)18-23-11-25-26(27(12-23)45-7)19-41(30(25)42)29-14-24(13-28(36-29)37-32(43)44-33(3,4)5)34(15-22(2)16-34)31-38-35-20-39(31)6/h11-14,20-22H,8-10,15-19H2,1-7H3,(H,36,37,43)/t21-,22?,34?/m0/s1. The van der Waals surface area contributed by atoms with E-state index in [1.807, 2.05) is 44.5 Å². The van der Waals surface area contributed by atoms with Crippen molar-refractivity contribution in [1.82, 2.24) is 24.6 Å². The first kappa shape index (κ1) is 31.5. The van der Waals surface area contributed by atoms with Crippen LogP contribution in [-0.4, -0.2) is 61.6 Å². The van der Waals surface area contributed by atoms with E-state index in [-0.39, 0.29) is 5.91 Å². The highest BCUT2D eigenvalue weighted by atomic mass is 32.2. The summed E-state index contributed by atoms with van der Waals surface area (Å²) in [7, 11) is 1.95. The fraction of sp³-hybridized carbons (Fsp3) is 0.559. The second-order valence-electron chi connectivity index (χ2n) is 14.3. The lowest BCUT2D eigenvalue weighted by Gasteiger charge is -2.46. The number of fused-ring (bicyclic) bond motifs is 1. The maximum Gasteiger partial charge on any atom is 0.413 e. The van der Waals surface area contributed by atoms with E-state index in [1.165, 1.54) is 18.4 Å². The van der Waals surface area contributed by atoms with Crippen LogP contribution in [0.15, 0.2) is 35.5 Å². The highest BCUT2D eigenvalue weighted by molar-refractivity contribution is 7.98. The average molecular weight is 632 g/mol. The molecule has 2 aliphatic heterocycles. The average Bonchev–Trinajstić information content (AvgIpc) is 3.52. The van der Waals surface area contributed by atoms with Crippen LogP contribution in [0.1, 0.15) is 93.2 Å². The number of thioether (sulfide) groups is 1. The Morgan fingerprint density at radius 1 is 1.16 bits per heavy atom. The van der Waals surface area contributed by atoms with Crippen LogP contribution in [-0.2, 0) is 30.3 Å². The molecule has 10 nitrogen and oxygen atoms in total. The van der Waals surface area contributed by atoms with Gasteiger partial charge < -0.3 is 9.30 Å². The minimum atomic E-state index is -0.668. The van der Waals surface area contributed by atoms with Gasteiger partial charge >= 0.3 is 6.09 Å². The zero-order valence-electron chi connectivity index (χ0n) is 27.5. The van der Waals surface area contributed by atoms with Gasteiger partial charge in [-0.15, -0.1) is 22.0 Å². The largest absolute Gasteiger partial charge is 0.444 e. The SMILES string of the molecule is CSc1cc(CN2CCC[C@H](C)C2)cc2c1CN(c1cc(C3(c4nncn4C)CC(C)C3)cc(NC(=O)OC(C)(C)C)n1)C2=O. The third-order valence-electron chi connectivity index (χ3n) is 9.23. The summed E-state index contributed by atoms with van der Waals surface area (Å²) in [5.41, 5.74) is 2.79. The Balaban J connectivity index is 1.38. The molecule has 1 aliphatic carbocycles. The lowest BCUT2D eigenvalue weighted by atomic mass is 9.58. The summed E-state index contributed by atoms with van der Waals surface area (Å²) in [5.74, 6) is 2.81. The summed E-state index contributed by atoms with van der Waals surface area (Å²) >= 11 is 1.68. The van der Waals surface area contributed by atoms with E-state index >= 15 is 0 Å². The van der Waals surface area contributed by atoms with Gasteiger partial charge in [-0.05, 0) is 112 Å². The number of carbonyl (C=O) groups is 2. The Bertz CT molecular complexity index is 1610. The summed E-state index contributed by atoms with van der Waals surface area (Å²) in [6.07, 6.45) is 7.43. The normalized spacial score (nSPS) is 23.5. The molecular formula is C34H45N7O3S. The van der Waals surface area contributed by atoms with Gasteiger partial charge in [0.25, 0.3) is 5.91 Å². The predicted molar refractivity (Wildman–Crippen MR) is 177 cm³/mol. The number of nitrogens with one attached hydrogen (secondary N) is 1. The minimum absolute atomic E-state index is 0.0725. The maximum absolute atomic E-state index is 14.2. The molecule has 11 heteroatoms. The Kier molecular flexibility index (Phi) is 8.45. The zero-order valence-corrected chi connectivity index (χ0v) is 28.3. The number of piperidine rings is 1. The van der Waals surface area contributed by atoms with Crippen LogP contribution in [0, 0.1) is 11.8 Å². The number of anilines is 2. The molecule has 1 atom stereocenters. The molecule has 240 valence electrons. The van der Waals surface area contributed by atoms with E-state index in [0.29, 0.717) is 30.0 Å². The number of benzene rings is 1. The number of pyridine rings is 1. The molecule has 0 radical (unpaired) electrons. The molecule has 2 amide bonds. The number of hydrogen-bond acceptors (Lipinski definition) is 8. The molecule has 2 aromatic heterocycles. The molecule has 4 heterocycles. The van der Waals surface area contributed by atoms with E-state index in [2.05, 4.69) is 52.7 Å². The molecule has 6 rings (SSSR count). The molecule has 0 bridgehead atoms. The van der Waals surface area contributed by atoms with Crippen molar-refractivity contribution >= 4 is 35.4 Å². The predicted octanol–water partition coefficient (Wildman–Crippen LogP) is 6.39. The number of nitrogens with zero attached hydrogens (tertiary/aromatic N) is 6. The van der Waals surface area contributed by atoms with Crippen molar-refractivity contribution in [2.24, 2.45) is 18.9 Å². The lowest BCUT2D eigenvalue weighted by Crippen LogP contribution is -2.43. The van der Waals surface area contributed by atoms with Crippen molar-refractivity contribution in [2.45, 2.75) is 89.3 Å². The molecule has 1 saturated heterocycles. The number of amides is 2. The third kappa shape index (κ3) is 6.34. The zero-order chi connectivity index (χ0) is 32.1. The fourth-order valence-electron chi connectivity index (χ4n) is 7.38. The molecule has 1 N–H and O–H groups in total. The summed E-state index contributed by atoms with van der Waals surface area (Å²) < 4.78 is 7.52. The van der Waals surface area contributed by atoms with Gasteiger partial charge in [0.1, 0.15) is 29.4 Å². The second kappa shape index (κ2) is 12.1. The number of likely N-dealkylation sites (tertiary alicyclic amines) is 1. The molecule has 0 unspecified atom stereocenters. The Labute approximate surface area is 270 Å². The van der Waals surface area contributed by atoms with Crippen molar-refractivity contribution in [3.05, 3.63) is 58.7 Å². The number of carbonyl (C=O) groups excluding carboxylic acids is 2. The van der Waals surface area contributed by atoms with Gasteiger partial charge in [-0.1, -0.05) is 13.8 Å². The number of hydrogen-bond donors (Lipinski definition) is 1. The smallest absolute Gasteiger partial charge is 0.413 e. The molecule has 45 heavy (non-hydrogen) atoms. The van der Waals surface area contributed by atoms with Crippen molar-refractivity contribution in [2.75, 3.05) is 29.6 Å². The van der Waals surface area contributed by atoms with E-state index in [0.717, 1.165) is 59.9 Å². The van der Waals surface area contributed by atoms with E-state index in [1.54, 1.807) is 23.0 Å². The van der Waals surface area contributed by atoms with Gasteiger partial charge in [-0.2, -0.15) is 0 Å². The van der Waals surface area contributed by atoms with Gasteiger partial charge in [0.2, 0.25) is 0 Å². The Hall–Kier alpha value is -3.44. The van der Waals surface area contributed by atoms with Crippen LogP contribution in [0.3, 0.4) is 0 Å². The van der Waals surface area contributed by atoms with Crippen LogP contribution >= 0.6 is 11.8 Å². The quantitative estimate of drug-likeness (QED) is 0.299. The first-order valence-corrected chi connectivity index (χ1v) is 17.2. The number of aromatic nitrogens is 4. The first-order valence-electron chi connectivity index (χ1n) is 16.0. The van der Waals surface area contributed by atoms with Crippen LogP contribution in [0.25, 0.3) is 0 Å². The van der Waals surface area contributed by atoms with Crippen molar-refractivity contribution in [1.29, 1.82) is 0 Å². The number of rotatable bonds is 7. The van der Waals surface area contributed by atoms with E-state index in [4.69, 9.17) is 9.72 Å². The molecule has 0 spiro atoms. The van der Waals surface area contributed by atoms with E-state index in [9.17, 15) is 9.59 Å². The summed E-state index contributed by atoms with van der Waals surface area (Å²) in [4.78, 5) is 37.3. The van der Waals surface area contributed by atoms with Crippen LogP contribution < -0.4 is 10.2 Å². The molecule has 1 aromatic carbocycles. The Morgan fingerprint density at radius 2 is 1.93 bits per heavy atom. The monoisotopic (exact) mass is 631 g/mol. The van der Waals surface area contributed by atoms with Gasteiger partial charge in [0, 0.05) is 30.6 Å². The molecule has 2 fully saturated rings. The van der Waals surface area contributed by atoms with Gasteiger partial charge in [-0.25, -0.2) is 9.78 Å². The maximum atomic E-state index is 14.2. The summed E-state index contributed by atoms with van der Waals surface area (Å²) in [6, 6.07) is 8.22. The Morgan fingerprint density at radius 3 is 2.58 bits per heavy atom. The third-order valence-corrected chi connectivity index (χ3v) is 10.0. The van der Waals surface area contributed by atoms with Gasteiger partial charge in [0.05, 0.1) is 12.0 Å². The van der Waals surface area contributed by atoms with Gasteiger partial charge in [0.15, 0.2) is 0 Å². The highest BCUT2D eigenvalue weighted by Crippen LogP contribution is 2.52. The van der Waals surface area contributed by atoms with Crippen molar-refractivity contribution < 1.29 is 14.3 Å². The van der Waals surface area contributed by atoms with E-state index < -0.39 is 17.1 Å². The molecular weight excluding hydrogens is 586 g/mol. The lowest BCUT2D eigenvalue weighted by molar-refractivity contribution is 0.0635. The molecule has 1 saturated carbocycles. The molecule has 3 aliphatic rings.